The molecule has 6 heteroatoms. The Labute approximate surface area is 107 Å². The molecule has 1 aliphatic carbocycles. The lowest BCUT2D eigenvalue weighted by molar-refractivity contribution is -0.124. The summed E-state index contributed by atoms with van der Waals surface area (Å²) in [7, 11) is 0. The standard InChI is InChI=1S/C12H21N5O/c1-8(2)13-6-11-7-17(16-15-11)9(3)12(18)14-10-4-5-10/h7-10,13H,4-6H2,1-3H3,(H,14,18). The van der Waals surface area contributed by atoms with Crippen LogP contribution in [-0.4, -0.2) is 33.0 Å². The van der Waals surface area contributed by atoms with E-state index in [1.54, 1.807) is 4.68 Å². The molecule has 1 heterocycles. The van der Waals surface area contributed by atoms with Crippen LogP contribution >= 0.6 is 0 Å². The molecule has 1 amide bonds. The van der Waals surface area contributed by atoms with Crippen molar-refractivity contribution in [1.29, 1.82) is 0 Å². The van der Waals surface area contributed by atoms with Gasteiger partial charge in [0.2, 0.25) is 5.91 Å². The first kappa shape index (κ1) is 13.0. The maximum absolute atomic E-state index is 11.9. The molecule has 1 aromatic heterocycles. The Morgan fingerprint density at radius 2 is 2.22 bits per heavy atom. The molecule has 2 N–H and O–H groups in total. The van der Waals surface area contributed by atoms with Gasteiger partial charge in [-0.15, -0.1) is 5.10 Å². The molecule has 0 aliphatic heterocycles. The van der Waals surface area contributed by atoms with Crippen molar-refractivity contribution < 1.29 is 4.79 Å². The van der Waals surface area contributed by atoms with Crippen LogP contribution in [0.25, 0.3) is 0 Å². The molecule has 2 rings (SSSR count). The van der Waals surface area contributed by atoms with Crippen LogP contribution in [0.1, 0.15) is 45.3 Å². The molecule has 1 fully saturated rings. The van der Waals surface area contributed by atoms with Gasteiger partial charge in [-0.25, -0.2) is 4.68 Å². The lowest BCUT2D eigenvalue weighted by Gasteiger charge is -2.11. The van der Waals surface area contributed by atoms with Gasteiger partial charge in [0, 0.05) is 18.6 Å². The lowest BCUT2D eigenvalue weighted by Crippen LogP contribution is -2.32. The topological polar surface area (TPSA) is 71.8 Å². The molecular formula is C12H21N5O. The molecule has 18 heavy (non-hydrogen) atoms. The second-order valence-electron chi connectivity index (χ2n) is 5.18. The second-order valence-corrected chi connectivity index (χ2v) is 5.18. The number of carbonyl (C=O) groups is 1. The first-order chi connectivity index (χ1) is 8.56. The van der Waals surface area contributed by atoms with Crippen molar-refractivity contribution in [3.63, 3.8) is 0 Å². The molecule has 0 aromatic carbocycles. The summed E-state index contributed by atoms with van der Waals surface area (Å²) >= 11 is 0. The fraction of sp³-hybridized carbons (Fsp3) is 0.750. The number of rotatable bonds is 6. The van der Waals surface area contributed by atoms with Gasteiger partial charge in [0.25, 0.3) is 0 Å². The highest BCUT2D eigenvalue weighted by atomic mass is 16.2. The van der Waals surface area contributed by atoms with Crippen LogP contribution in [0.15, 0.2) is 6.20 Å². The molecular weight excluding hydrogens is 230 g/mol. The summed E-state index contributed by atoms with van der Waals surface area (Å²) in [6, 6.07) is 0.488. The number of carbonyl (C=O) groups excluding carboxylic acids is 1. The molecule has 1 aliphatic rings. The number of hydrogen-bond donors (Lipinski definition) is 2. The maximum atomic E-state index is 11.9. The van der Waals surface area contributed by atoms with Crippen LogP contribution in [0, 0.1) is 0 Å². The third-order valence-corrected chi connectivity index (χ3v) is 2.95. The predicted octanol–water partition coefficient (Wildman–Crippen LogP) is 0.616. The number of hydrogen-bond acceptors (Lipinski definition) is 4. The Morgan fingerprint density at radius 3 is 2.83 bits per heavy atom. The first-order valence-corrected chi connectivity index (χ1v) is 6.50. The van der Waals surface area contributed by atoms with Crippen molar-refractivity contribution >= 4 is 5.91 Å². The Kier molecular flexibility index (Phi) is 3.96. The highest BCUT2D eigenvalue weighted by Crippen LogP contribution is 2.19. The van der Waals surface area contributed by atoms with Crippen molar-refractivity contribution in [1.82, 2.24) is 25.6 Å². The highest BCUT2D eigenvalue weighted by molar-refractivity contribution is 5.80. The third kappa shape index (κ3) is 3.53. The molecule has 1 aromatic rings. The Morgan fingerprint density at radius 1 is 1.50 bits per heavy atom. The van der Waals surface area contributed by atoms with Gasteiger partial charge in [-0.05, 0) is 19.8 Å². The van der Waals surface area contributed by atoms with Crippen molar-refractivity contribution in [3.8, 4) is 0 Å². The molecule has 0 radical (unpaired) electrons. The minimum atomic E-state index is -0.300. The highest BCUT2D eigenvalue weighted by Gasteiger charge is 2.26. The normalized spacial score (nSPS) is 16.9. The number of nitrogens with one attached hydrogen (secondary N) is 2. The largest absolute Gasteiger partial charge is 0.352 e. The van der Waals surface area contributed by atoms with E-state index in [0.29, 0.717) is 18.6 Å². The predicted molar refractivity (Wildman–Crippen MR) is 67.9 cm³/mol. The van der Waals surface area contributed by atoms with Crippen LogP contribution in [-0.2, 0) is 11.3 Å². The summed E-state index contributed by atoms with van der Waals surface area (Å²) in [5.41, 5.74) is 0.856. The van der Waals surface area contributed by atoms with Crippen LogP contribution in [0.5, 0.6) is 0 Å². The fourth-order valence-electron chi connectivity index (χ4n) is 1.56. The van der Waals surface area contributed by atoms with Gasteiger partial charge in [-0.1, -0.05) is 19.1 Å². The fourth-order valence-corrected chi connectivity index (χ4v) is 1.56. The molecule has 6 nitrogen and oxygen atoms in total. The van der Waals surface area contributed by atoms with Crippen LogP contribution in [0.2, 0.25) is 0 Å². The zero-order valence-electron chi connectivity index (χ0n) is 11.2. The van der Waals surface area contributed by atoms with Crippen molar-refractivity contribution in [2.45, 2.75) is 58.3 Å². The van der Waals surface area contributed by atoms with Crippen LogP contribution in [0.4, 0.5) is 0 Å². The Hall–Kier alpha value is -1.43. The summed E-state index contributed by atoms with van der Waals surface area (Å²) in [5.74, 6) is 0.0192. The minimum absolute atomic E-state index is 0.0192. The summed E-state index contributed by atoms with van der Waals surface area (Å²) in [5, 5.41) is 14.3. The van der Waals surface area contributed by atoms with E-state index in [2.05, 4.69) is 34.8 Å². The molecule has 0 bridgehead atoms. The van der Waals surface area contributed by atoms with E-state index in [1.807, 2.05) is 13.1 Å². The van der Waals surface area contributed by atoms with Crippen molar-refractivity contribution in [2.24, 2.45) is 0 Å². The zero-order chi connectivity index (χ0) is 13.1. The molecule has 1 saturated carbocycles. The van der Waals surface area contributed by atoms with E-state index in [-0.39, 0.29) is 11.9 Å². The van der Waals surface area contributed by atoms with E-state index in [4.69, 9.17) is 0 Å². The molecule has 1 atom stereocenters. The Balaban J connectivity index is 1.89. The van der Waals surface area contributed by atoms with E-state index >= 15 is 0 Å². The van der Waals surface area contributed by atoms with Crippen LogP contribution in [0.3, 0.4) is 0 Å². The van der Waals surface area contributed by atoms with Crippen LogP contribution < -0.4 is 10.6 Å². The van der Waals surface area contributed by atoms with E-state index in [9.17, 15) is 4.79 Å². The minimum Gasteiger partial charge on any atom is -0.352 e. The summed E-state index contributed by atoms with van der Waals surface area (Å²) < 4.78 is 1.62. The van der Waals surface area contributed by atoms with E-state index in [0.717, 1.165) is 18.5 Å². The second kappa shape index (κ2) is 5.48. The number of amides is 1. The molecule has 0 spiro atoms. The smallest absolute Gasteiger partial charge is 0.244 e. The average Bonchev–Trinajstić information content (AvgIpc) is 3.01. The average molecular weight is 251 g/mol. The third-order valence-electron chi connectivity index (χ3n) is 2.95. The Bertz CT molecular complexity index is 410. The van der Waals surface area contributed by atoms with Crippen molar-refractivity contribution in [3.05, 3.63) is 11.9 Å². The monoisotopic (exact) mass is 251 g/mol. The first-order valence-electron chi connectivity index (χ1n) is 6.50. The SMILES string of the molecule is CC(C)NCc1cn(C(C)C(=O)NC2CC2)nn1. The van der Waals surface area contributed by atoms with Gasteiger partial charge in [-0.2, -0.15) is 0 Å². The van der Waals surface area contributed by atoms with Gasteiger partial charge >= 0.3 is 0 Å². The maximum Gasteiger partial charge on any atom is 0.244 e. The lowest BCUT2D eigenvalue weighted by atomic mass is 10.3. The summed E-state index contributed by atoms with van der Waals surface area (Å²) in [6.07, 6.45) is 4.02. The zero-order valence-corrected chi connectivity index (χ0v) is 11.2. The van der Waals surface area contributed by atoms with Gasteiger partial charge in [-0.3, -0.25) is 4.79 Å². The van der Waals surface area contributed by atoms with Gasteiger partial charge < -0.3 is 10.6 Å². The summed E-state index contributed by atoms with van der Waals surface area (Å²) in [6.45, 7) is 6.67. The van der Waals surface area contributed by atoms with Gasteiger partial charge in [0.1, 0.15) is 6.04 Å². The van der Waals surface area contributed by atoms with Gasteiger partial charge in [0.15, 0.2) is 0 Å². The van der Waals surface area contributed by atoms with Crippen molar-refractivity contribution in [2.75, 3.05) is 0 Å². The molecule has 100 valence electrons. The number of nitrogens with zero attached hydrogens (tertiary/aromatic N) is 3. The molecule has 1 unspecified atom stereocenters. The van der Waals surface area contributed by atoms with E-state index in [1.165, 1.54) is 0 Å². The van der Waals surface area contributed by atoms with Gasteiger partial charge in [0.05, 0.1) is 11.9 Å². The van der Waals surface area contributed by atoms with E-state index < -0.39 is 0 Å². The molecule has 0 saturated heterocycles. The quantitative estimate of drug-likeness (QED) is 0.777. The number of aromatic nitrogens is 3. The summed E-state index contributed by atoms with van der Waals surface area (Å²) in [4.78, 5) is 11.9.